The van der Waals surface area contributed by atoms with E-state index in [9.17, 15) is 9.59 Å². The molecule has 1 aliphatic rings. The summed E-state index contributed by atoms with van der Waals surface area (Å²) in [4.78, 5) is 30.6. The van der Waals surface area contributed by atoms with Crippen LogP contribution >= 0.6 is 0 Å². The first-order valence-electron chi connectivity index (χ1n) is 11.3. The average molecular weight is 439 g/mol. The molecule has 2 aromatic rings. The fourth-order valence-corrected chi connectivity index (χ4v) is 3.76. The third-order valence-corrected chi connectivity index (χ3v) is 5.86. The maximum atomic E-state index is 12.6. The smallest absolute Gasteiger partial charge is 0.319 e. The Balaban J connectivity index is 1.51. The van der Waals surface area contributed by atoms with Crippen LogP contribution in [0.15, 0.2) is 48.5 Å². The van der Waals surface area contributed by atoms with E-state index in [-0.39, 0.29) is 11.9 Å². The molecule has 1 heterocycles. The quantitative estimate of drug-likeness (QED) is 0.605. The number of amides is 1. The molecule has 7 nitrogen and oxygen atoms in total. The molecular weight excluding hydrogens is 404 g/mol. The Morgan fingerprint density at radius 2 is 1.66 bits per heavy atom. The first kappa shape index (κ1) is 23.6. The highest BCUT2D eigenvalue weighted by Gasteiger charge is 2.19. The van der Waals surface area contributed by atoms with Crippen LogP contribution in [-0.2, 0) is 9.53 Å². The largest absolute Gasteiger partial charge is 0.468 e. The molecule has 1 amide bonds. The molecule has 0 spiro atoms. The lowest BCUT2D eigenvalue weighted by atomic mass is 10.1. The van der Waals surface area contributed by atoms with E-state index < -0.39 is 0 Å². The minimum Gasteiger partial charge on any atom is -0.468 e. The van der Waals surface area contributed by atoms with Crippen molar-refractivity contribution in [2.75, 3.05) is 68.5 Å². The Kier molecular flexibility index (Phi) is 8.50. The number of benzene rings is 2. The highest BCUT2D eigenvalue weighted by molar-refractivity contribution is 6.04. The Morgan fingerprint density at radius 1 is 1.00 bits per heavy atom. The van der Waals surface area contributed by atoms with Crippen molar-refractivity contribution in [3.63, 3.8) is 0 Å². The summed E-state index contributed by atoms with van der Waals surface area (Å²) in [7, 11) is 3.49. The molecule has 1 aliphatic heterocycles. The van der Waals surface area contributed by atoms with E-state index in [0.717, 1.165) is 62.6 Å². The molecule has 1 saturated heterocycles. The molecular formula is C25H34N4O3. The van der Waals surface area contributed by atoms with Crippen LogP contribution in [0.5, 0.6) is 0 Å². The number of hydrogen-bond donors (Lipinski definition) is 1. The molecule has 0 saturated carbocycles. The molecule has 3 rings (SSSR count). The van der Waals surface area contributed by atoms with Gasteiger partial charge in [-0.15, -0.1) is 0 Å². The lowest BCUT2D eigenvalue weighted by Gasteiger charge is -2.35. The van der Waals surface area contributed by atoms with Gasteiger partial charge in [-0.2, -0.15) is 0 Å². The molecule has 1 fully saturated rings. The molecule has 2 aromatic carbocycles. The first-order chi connectivity index (χ1) is 15.5. The molecule has 0 aromatic heterocycles. The minimum absolute atomic E-state index is 0.114. The van der Waals surface area contributed by atoms with Crippen LogP contribution in [0.25, 0.3) is 0 Å². The number of hydrogen-bond acceptors (Lipinski definition) is 6. The first-order valence-corrected chi connectivity index (χ1v) is 11.3. The van der Waals surface area contributed by atoms with Crippen molar-refractivity contribution in [3.05, 3.63) is 54.1 Å². The summed E-state index contributed by atoms with van der Waals surface area (Å²) >= 11 is 0. The zero-order valence-corrected chi connectivity index (χ0v) is 19.3. The highest BCUT2D eigenvalue weighted by atomic mass is 16.5. The zero-order valence-electron chi connectivity index (χ0n) is 19.3. The van der Waals surface area contributed by atoms with E-state index >= 15 is 0 Å². The number of rotatable bonds is 9. The third kappa shape index (κ3) is 6.47. The number of nitrogens with one attached hydrogen (secondary N) is 1. The number of nitrogens with zero attached hydrogens (tertiary/aromatic N) is 3. The van der Waals surface area contributed by atoms with E-state index in [4.69, 9.17) is 4.74 Å². The number of carbonyl (C=O) groups excluding carboxylic acids is 2. The molecule has 7 heteroatoms. The third-order valence-electron chi connectivity index (χ3n) is 5.86. The zero-order chi connectivity index (χ0) is 22.9. The molecule has 0 unspecified atom stereocenters. The van der Waals surface area contributed by atoms with E-state index in [1.165, 1.54) is 7.11 Å². The SMILES string of the molecule is CCCCN(C)c1ccc(C(=O)Nc2ccc(N3CCN(CC(=O)OC)CC3)cc2)cc1. The van der Waals surface area contributed by atoms with Crippen molar-refractivity contribution < 1.29 is 14.3 Å². The summed E-state index contributed by atoms with van der Waals surface area (Å²) in [6, 6.07) is 15.6. The molecule has 172 valence electrons. The summed E-state index contributed by atoms with van der Waals surface area (Å²) in [5, 5.41) is 2.98. The van der Waals surface area contributed by atoms with Gasteiger partial charge in [0, 0.05) is 62.4 Å². The van der Waals surface area contributed by atoms with Gasteiger partial charge in [-0.3, -0.25) is 14.5 Å². The molecule has 0 radical (unpaired) electrons. The minimum atomic E-state index is -0.198. The van der Waals surface area contributed by atoms with Gasteiger partial charge in [-0.25, -0.2) is 0 Å². The summed E-state index contributed by atoms with van der Waals surface area (Å²) in [6.07, 6.45) is 2.31. The van der Waals surface area contributed by atoms with Crippen LogP contribution in [0, 0.1) is 0 Å². The van der Waals surface area contributed by atoms with Crippen molar-refractivity contribution >= 4 is 28.9 Å². The summed E-state index contributed by atoms with van der Waals surface area (Å²) < 4.78 is 4.74. The Morgan fingerprint density at radius 3 is 2.25 bits per heavy atom. The highest BCUT2D eigenvalue weighted by Crippen LogP contribution is 2.21. The fraction of sp³-hybridized carbons (Fsp3) is 0.440. The van der Waals surface area contributed by atoms with Crippen molar-refractivity contribution in [1.29, 1.82) is 0 Å². The number of carbonyl (C=O) groups is 2. The number of unbranched alkanes of at least 4 members (excludes halogenated alkanes) is 1. The van der Waals surface area contributed by atoms with Gasteiger partial charge in [0.2, 0.25) is 0 Å². The predicted octanol–water partition coefficient (Wildman–Crippen LogP) is 3.47. The van der Waals surface area contributed by atoms with E-state index in [1.54, 1.807) is 0 Å². The maximum Gasteiger partial charge on any atom is 0.319 e. The van der Waals surface area contributed by atoms with Crippen LogP contribution in [-0.4, -0.2) is 70.2 Å². The number of ether oxygens (including phenoxy) is 1. The number of methoxy groups -OCH3 is 1. The van der Waals surface area contributed by atoms with E-state index in [0.29, 0.717) is 12.1 Å². The second kappa shape index (κ2) is 11.5. The maximum absolute atomic E-state index is 12.6. The van der Waals surface area contributed by atoms with Gasteiger partial charge in [0.25, 0.3) is 5.91 Å². The monoisotopic (exact) mass is 438 g/mol. The summed E-state index contributed by atoms with van der Waals surface area (Å²) in [5.41, 5.74) is 3.64. The van der Waals surface area contributed by atoms with Crippen LogP contribution in [0.2, 0.25) is 0 Å². The molecule has 32 heavy (non-hydrogen) atoms. The van der Waals surface area contributed by atoms with Crippen LogP contribution in [0.3, 0.4) is 0 Å². The van der Waals surface area contributed by atoms with Gasteiger partial charge in [0.15, 0.2) is 0 Å². The summed E-state index contributed by atoms with van der Waals surface area (Å²) in [5.74, 6) is -0.311. The number of esters is 1. The molecule has 0 aliphatic carbocycles. The number of anilines is 3. The van der Waals surface area contributed by atoms with Crippen LogP contribution in [0.1, 0.15) is 30.1 Å². The molecule has 0 atom stereocenters. The topological polar surface area (TPSA) is 65.1 Å². The van der Waals surface area contributed by atoms with Crippen molar-refractivity contribution in [2.45, 2.75) is 19.8 Å². The summed E-state index contributed by atoms with van der Waals surface area (Å²) in [6.45, 7) is 6.86. The van der Waals surface area contributed by atoms with Gasteiger partial charge in [-0.1, -0.05) is 13.3 Å². The second-order valence-electron chi connectivity index (χ2n) is 8.16. The van der Waals surface area contributed by atoms with E-state index in [1.807, 2.05) is 48.5 Å². The lowest BCUT2D eigenvalue weighted by Crippen LogP contribution is -2.48. The Bertz CT molecular complexity index is 875. The normalized spacial score (nSPS) is 14.2. The van der Waals surface area contributed by atoms with Crippen LogP contribution in [0.4, 0.5) is 17.1 Å². The van der Waals surface area contributed by atoms with Crippen molar-refractivity contribution in [2.24, 2.45) is 0 Å². The van der Waals surface area contributed by atoms with E-state index in [2.05, 4.69) is 34.0 Å². The Hall–Kier alpha value is -3.06. The van der Waals surface area contributed by atoms with Crippen molar-refractivity contribution in [3.8, 4) is 0 Å². The number of piperazine rings is 1. The Labute approximate surface area is 190 Å². The average Bonchev–Trinajstić information content (AvgIpc) is 2.83. The predicted molar refractivity (Wildman–Crippen MR) is 130 cm³/mol. The van der Waals surface area contributed by atoms with Crippen LogP contribution < -0.4 is 15.1 Å². The molecule has 0 bridgehead atoms. The fourth-order valence-electron chi connectivity index (χ4n) is 3.76. The van der Waals surface area contributed by atoms with Gasteiger partial charge in [-0.05, 0) is 55.0 Å². The van der Waals surface area contributed by atoms with Crippen molar-refractivity contribution in [1.82, 2.24) is 4.90 Å². The van der Waals surface area contributed by atoms with Gasteiger partial charge in [0.05, 0.1) is 13.7 Å². The van der Waals surface area contributed by atoms with Gasteiger partial charge < -0.3 is 19.9 Å². The molecule has 1 N–H and O–H groups in total. The van der Waals surface area contributed by atoms with Gasteiger partial charge >= 0.3 is 5.97 Å². The van der Waals surface area contributed by atoms with Gasteiger partial charge in [0.1, 0.15) is 0 Å². The standard InChI is InChI=1S/C25H34N4O3/c1-4-5-14-27(2)22-10-6-20(7-11-22)25(31)26-21-8-12-23(13-9-21)29-17-15-28(16-18-29)19-24(30)32-3/h6-13H,4-5,14-19H2,1-3H3,(H,26,31). The second-order valence-corrected chi connectivity index (χ2v) is 8.16. The lowest BCUT2D eigenvalue weighted by molar-refractivity contribution is -0.142.